The fourth-order valence-electron chi connectivity index (χ4n) is 2.31. The van der Waals surface area contributed by atoms with Crippen molar-refractivity contribution >= 4 is 33.7 Å². The maximum Gasteiger partial charge on any atom is 0.306 e. The van der Waals surface area contributed by atoms with Crippen LogP contribution in [0.4, 0.5) is 0 Å². The van der Waals surface area contributed by atoms with Crippen molar-refractivity contribution in [3.05, 3.63) is 45.7 Å². The molecule has 2 rings (SSSR count). The largest absolute Gasteiger partial charge is 0.490 e. The molecule has 1 aromatic heterocycles. The summed E-state index contributed by atoms with van der Waals surface area (Å²) in [5, 5.41) is 0.756. The van der Waals surface area contributed by atoms with E-state index in [0.29, 0.717) is 19.4 Å². The molecule has 0 amide bonds. The van der Waals surface area contributed by atoms with Gasteiger partial charge in [-0.25, -0.2) is 9.97 Å². The Morgan fingerprint density at radius 1 is 1.12 bits per heavy atom. The second kappa shape index (κ2) is 9.77. The van der Waals surface area contributed by atoms with E-state index in [9.17, 15) is 4.79 Å². The number of aromatic nitrogens is 2. The molecule has 0 aliphatic carbocycles. The van der Waals surface area contributed by atoms with Crippen molar-refractivity contribution in [2.75, 3.05) is 19.5 Å². The fraction of sp³-hybridized carbons (Fsp3) is 0.389. The molecular weight excluding hydrogens is 404 g/mol. The number of esters is 1. The van der Waals surface area contributed by atoms with E-state index in [4.69, 9.17) is 9.47 Å². The summed E-state index contributed by atoms with van der Waals surface area (Å²) in [7, 11) is 0. The topological polar surface area (TPSA) is 61.3 Å². The molecule has 1 heterocycles. The van der Waals surface area contributed by atoms with Gasteiger partial charge in [0.15, 0.2) is 5.16 Å². The molecule has 25 heavy (non-hydrogen) atoms. The fourth-order valence-corrected chi connectivity index (χ4v) is 3.03. The Balaban J connectivity index is 1.73. The van der Waals surface area contributed by atoms with Gasteiger partial charge in [-0.15, -0.1) is 0 Å². The summed E-state index contributed by atoms with van der Waals surface area (Å²) in [6, 6.07) is 7.51. The van der Waals surface area contributed by atoms with Crippen LogP contribution in [0.1, 0.15) is 23.4 Å². The van der Waals surface area contributed by atoms with Crippen molar-refractivity contribution in [3.8, 4) is 5.75 Å². The lowest BCUT2D eigenvalue weighted by Crippen LogP contribution is -2.13. The SMILES string of the molecule is CSc1nc(C)c(CCC(=O)OCCOc2ccc(Br)cc2)c(C)n1. The summed E-state index contributed by atoms with van der Waals surface area (Å²) in [4.78, 5) is 20.7. The summed E-state index contributed by atoms with van der Waals surface area (Å²) in [6.07, 6.45) is 2.84. The first-order valence-corrected chi connectivity index (χ1v) is 9.93. The average Bonchev–Trinajstić information content (AvgIpc) is 2.59. The molecule has 0 atom stereocenters. The minimum absolute atomic E-state index is 0.231. The lowest BCUT2D eigenvalue weighted by atomic mass is 10.1. The van der Waals surface area contributed by atoms with Crippen LogP contribution >= 0.6 is 27.7 Å². The zero-order valence-electron chi connectivity index (χ0n) is 14.5. The highest BCUT2D eigenvalue weighted by atomic mass is 79.9. The van der Waals surface area contributed by atoms with Crippen LogP contribution in [0.25, 0.3) is 0 Å². The van der Waals surface area contributed by atoms with Gasteiger partial charge >= 0.3 is 5.97 Å². The number of rotatable bonds is 8. The van der Waals surface area contributed by atoms with Crippen molar-refractivity contribution in [1.82, 2.24) is 9.97 Å². The minimum Gasteiger partial charge on any atom is -0.490 e. The van der Waals surface area contributed by atoms with Gasteiger partial charge in [-0.3, -0.25) is 4.79 Å². The third-order valence-electron chi connectivity index (χ3n) is 3.59. The van der Waals surface area contributed by atoms with Crippen LogP contribution in [-0.2, 0) is 16.0 Å². The number of thioether (sulfide) groups is 1. The first kappa shape index (κ1) is 19.7. The van der Waals surface area contributed by atoms with E-state index in [-0.39, 0.29) is 12.6 Å². The van der Waals surface area contributed by atoms with Gasteiger partial charge in [-0.1, -0.05) is 27.7 Å². The number of hydrogen-bond acceptors (Lipinski definition) is 6. The number of carbonyl (C=O) groups excluding carboxylic acids is 1. The van der Waals surface area contributed by atoms with Crippen LogP contribution in [0.5, 0.6) is 5.75 Å². The highest BCUT2D eigenvalue weighted by molar-refractivity contribution is 9.10. The van der Waals surface area contributed by atoms with Gasteiger partial charge in [0, 0.05) is 22.3 Å². The Labute approximate surface area is 160 Å². The van der Waals surface area contributed by atoms with Crippen molar-refractivity contribution in [2.24, 2.45) is 0 Å². The van der Waals surface area contributed by atoms with Gasteiger partial charge in [0.2, 0.25) is 0 Å². The van der Waals surface area contributed by atoms with E-state index >= 15 is 0 Å². The molecule has 7 heteroatoms. The lowest BCUT2D eigenvalue weighted by Gasteiger charge is -2.10. The van der Waals surface area contributed by atoms with Gasteiger partial charge < -0.3 is 9.47 Å². The molecule has 1 aromatic carbocycles. The molecular formula is C18H21BrN2O3S. The van der Waals surface area contributed by atoms with E-state index < -0.39 is 0 Å². The normalized spacial score (nSPS) is 10.6. The van der Waals surface area contributed by atoms with Gasteiger partial charge in [0.25, 0.3) is 0 Å². The van der Waals surface area contributed by atoms with Crippen LogP contribution in [0.2, 0.25) is 0 Å². The molecule has 134 valence electrons. The Hall–Kier alpha value is -1.60. The molecule has 0 aliphatic heterocycles. The standard InChI is InChI=1S/C18H21BrN2O3S/c1-12-16(13(2)21-18(20-12)25-3)8-9-17(22)24-11-10-23-15-6-4-14(19)5-7-15/h4-7H,8-11H2,1-3H3. The first-order chi connectivity index (χ1) is 12.0. The van der Waals surface area contributed by atoms with Crippen molar-refractivity contribution in [1.29, 1.82) is 0 Å². The first-order valence-electron chi connectivity index (χ1n) is 7.91. The molecule has 0 bridgehead atoms. The molecule has 0 unspecified atom stereocenters. The van der Waals surface area contributed by atoms with Gasteiger partial charge in [-0.05, 0) is 56.4 Å². The quantitative estimate of drug-likeness (QED) is 0.274. The van der Waals surface area contributed by atoms with E-state index in [1.807, 2.05) is 44.4 Å². The summed E-state index contributed by atoms with van der Waals surface area (Å²) >= 11 is 4.88. The average molecular weight is 425 g/mol. The zero-order valence-corrected chi connectivity index (χ0v) is 16.9. The van der Waals surface area contributed by atoms with Crippen molar-refractivity contribution < 1.29 is 14.3 Å². The predicted octanol–water partition coefficient (Wildman–Crippen LogP) is 4.13. The smallest absolute Gasteiger partial charge is 0.306 e. The summed E-state index contributed by atoms with van der Waals surface area (Å²) in [6.45, 7) is 4.45. The third kappa shape index (κ3) is 6.32. The maximum absolute atomic E-state index is 11.9. The number of hydrogen-bond donors (Lipinski definition) is 0. The summed E-state index contributed by atoms with van der Waals surface area (Å²) in [5.41, 5.74) is 2.85. The van der Waals surface area contributed by atoms with E-state index in [2.05, 4.69) is 25.9 Å². The van der Waals surface area contributed by atoms with Gasteiger partial charge in [0.1, 0.15) is 19.0 Å². The van der Waals surface area contributed by atoms with Crippen molar-refractivity contribution in [3.63, 3.8) is 0 Å². The molecule has 0 radical (unpaired) electrons. The third-order valence-corrected chi connectivity index (χ3v) is 4.67. The number of carbonyl (C=O) groups is 1. The second-order valence-electron chi connectivity index (χ2n) is 5.38. The van der Waals surface area contributed by atoms with E-state index in [0.717, 1.165) is 32.3 Å². The maximum atomic E-state index is 11.9. The number of benzene rings is 1. The van der Waals surface area contributed by atoms with Crippen LogP contribution in [-0.4, -0.2) is 35.4 Å². The Bertz CT molecular complexity index is 700. The summed E-state index contributed by atoms with van der Waals surface area (Å²) < 4.78 is 11.7. The summed E-state index contributed by atoms with van der Waals surface area (Å²) in [5.74, 6) is 0.503. The van der Waals surface area contributed by atoms with E-state index in [1.165, 1.54) is 11.8 Å². The van der Waals surface area contributed by atoms with E-state index in [1.54, 1.807) is 0 Å². The monoisotopic (exact) mass is 424 g/mol. The Kier molecular flexibility index (Phi) is 7.71. The Morgan fingerprint density at radius 3 is 2.36 bits per heavy atom. The molecule has 0 fully saturated rings. The number of halogens is 1. The number of nitrogens with zero attached hydrogens (tertiary/aromatic N) is 2. The molecule has 0 aliphatic rings. The molecule has 5 nitrogen and oxygen atoms in total. The zero-order chi connectivity index (χ0) is 18.2. The molecule has 0 saturated carbocycles. The highest BCUT2D eigenvalue weighted by Crippen LogP contribution is 2.18. The van der Waals surface area contributed by atoms with Crippen molar-refractivity contribution in [2.45, 2.75) is 31.8 Å². The van der Waals surface area contributed by atoms with Crippen LogP contribution in [0.15, 0.2) is 33.9 Å². The van der Waals surface area contributed by atoms with Gasteiger partial charge in [-0.2, -0.15) is 0 Å². The molecule has 0 saturated heterocycles. The molecule has 0 N–H and O–H groups in total. The minimum atomic E-state index is -0.243. The lowest BCUT2D eigenvalue weighted by molar-refractivity contribution is -0.144. The van der Waals surface area contributed by atoms with Crippen LogP contribution in [0, 0.1) is 13.8 Å². The molecule has 0 spiro atoms. The number of aryl methyl sites for hydroxylation is 2. The second-order valence-corrected chi connectivity index (χ2v) is 7.07. The predicted molar refractivity (Wildman–Crippen MR) is 102 cm³/mol. The number of ether oxygens (including phenoxy) is 2. The van der Waals surface area contributed by atoms with Gasteiger partial charge in [0.05, 0.1) is 0 Å². The highest BCUT2D eigenvalue weighted by Gasteiger charge is 2.11. The van der Waals surface area contributed by atoms with Crippen LogP contribution in [0.3, 0.4) is 0 Å². The molecule has 2 aromatic rings. The Morgan fingerprint density at radius 2 is 1.76 bits per heavy atom. The van der Waals surface area contributed by atoms with Crippen LogP contribution < -0.4 is 4.74 Å².